The highest BCUT2D eigenvalue weighted by Gasteiger charge is 2.14. The average molecular weight is 375 g/mol. The van der Waals surface area contributed by atoms with E-state index in [0.717, 1.165) is 22.2 Å². The number of fused-ring (bicyclic) bond motifs is 1. The summed E-state index contributed by atoms with van der Waals surface area (Å²) in [6, 6.07) is 17.5. The molecule has 2 aromatic carbocycles. The Balaban J connectivity index is 1.83. The maximum absolute atomic E-state index is 12.8. The highest BCUT2D eigenvalue weighted by molar-refractivity contribution is 6.07. The lowest BCUT2D eigenvalue weighted by molar-refractivity contribution is -0.123. The minimum absolute atomic E-state index is 0.0229. The Bertz CT molecular complexity index is 994. The minimum atomic E-state index is -0.175. The van der Waals surface area contributed by atoms with Gasteiger partial charge in [0.2, 0.25) is 5.91 Å². The van der Waals surface area contributed by atoms with Gasteiger partial charge in [0.25, 0.3) is 5.91 Å². The molecule has 0 saturated heterocycles. The maximum atomic E-state index is 12.8. The summed E-state index contributed by atoms with van der Waals surface area (Å²) in [4.78, 5) is 29.2. The van der Waals surface area contributed by atoms with E-state index in [1.807, 2.05) is 75.4 Å². The second-order valence-corrected chi connectivity index (χ2v) is 7.14. The molecule has 0 aliphatic carbocycles. The summed E-state index contributed by atoms with van der Waals surface area (Å²) in [7, 11) is 0. The van der Waals surface area contributed by atoms with Crippen LogP contribution in [0.25, 0.3) is 22.2 Å². The molecule has 0 aliphatic heterocycles. The summed E-state index contributed by atoms with van der Waals surface area (Å²) >= 11 is 0. The molecular formula is C23H25N3O2. The fraction of sp³-hybridized carbons (Fsp3) is 0.261. The number of benzene rings is 2. The Labute approximate surface area is 165 Å². The molecule has 5 heteroatoms. The van der Waals surface area contributed by atoms with Gasteiger partial charge in [0.1, 0.15) is 0 Å². The van der Waals surface area contributed by atoms with Crippen molar-refractivity contribution < 1.29 is 9.59 Å². The van der Waals surface area contributed by atoms with Gasteiger partial charge in [0.15, 0.2) is 0 Å². The molecule has 144 valence electrons. The number of para-hydroxylation sites is 1. The van der Waals surface area contributed by atoms with Crippen molar-refractivity contribution in [1.82, 2.24) is 15.6 Å². The minimum Gasteiger partial charge on any atom is -0.354 e. The molecule has 0 atom stereocenters. The topological polar surface area (TPSA) is 71.1 Å². The van der Waals surface area contributed by atoms with Crippen LogP contribution in [0.15, 0.2) is 54.6 Å². The number of carbonyl (C=O) groups excluding carboxylic acids is 2. The molecule has 0 aliphatic rings. The van der Waals surface area contributed by atoms with Crippen LogP contribution in [0.3, 0.4) is 0 Å². The van der Waals surface area contributed by atoms with Crippen LogP contribution in [0, 0.1) is 12.8 Å². The summed E-state index contributed by atoms with van der Waals surface area (Å²) in [5.74, 6) is -0.270. The number of hydrogen-bond donors (Lipinski definition) is 2. The molecule has 0 unspecified atom stereocenters. The normalized spacial score (nSPS) is 10.9. The van der Waals surface area contributed by atoms with E-state index >= 15 is 0 Å². The molecule has 0 fully saturated rings. The summed E-state index contributed by atoms with van der Waals surface area (Å²) in [6.45, 7) is 6.48. The van der Waals surface area contributed by atoms with Gasteiger partial charge in [-0.3, -0.25) is 9.59 Å². The predicted octanol–water partition coefficient (Wildman–Crippen LogP) is 3.71. The number of aromatic nitrogens is 1. The molecule has 0 saturated carbocycles. The monoisotopic (exact) mass is 375 g/mol. The largest absolute Gasteiger partial charge is 0.354 e. The third-order valence-corrected chi connectivity index (χ3v) is 4.54. The van der Waals surface area contributed by atoms with Gasteiger partial charge in [-0.05, 0) is 19.1 Å². The molecule has 0 spiro atoms. The number of carbonyl (C=O) groups is 2. The second-order valence-electron chi connectivity index (χ2n) is 7.14. The number of hydrogen-bond acceptors (Lipinski definition) is 3. The molecule has 5 nitrogen and oxygen atoms in total. The number of amides is 2. The van der Waals surface area contributed by atoms with Crippen LogP contribution in [0.5, 0.6) is 0 Å². The fourth-order valence-corrected chi connectivity index (χ4v) is 2.90. The summed E-state index contributed by atoms with van der Waals surface area (Å²) in [6.07, 6.45) is 0. The molecule has 1 heterocycles. The number of nitrogens with zero attached hydrogens (tertiary/aromatic N) is 1. The van der Waals surface area contributed by atoms with Crippen molar-refractivity contribution in [3.8, 4) is 11.3 Å². The van der Waals surface area contributed by atoms with Gasteiger partial charge in [-0.1, -0.05) is 61.9 Å². The van der Waals surface area contributed by atoms with Crippen LogP contribution in [0.1, 0.15) is 29.8 Å². The molecule has 3 rings (SSSR count). The van der Waals surface area contributed by atoms with Crippen molar-refractivity contribution >= 4 is 22.7 Å². The van der Waals surface area contributed by atoms with Gasteiger partial charge < -0.3 is 10.6 Å². The summed E-state index contributed by atoms with van der Waals surface area (Å²) < 4.78 is 0. The standard InChI is InChI=1S/C23H25N3O2/c1-15(2)22(27)24-12-13-25-23(28)19-14-21(17-10-8-16(3)9-11-17)26-20-7-5-4-6-18(19)20/h4-11,14-15H,12-13H2,1-3H3,(H,24,27)(H,25,28). The summed E-state index contributed by atoms with van der Waals surface area (Å²) in [5.41, 5.74) is 4.26. The van der Waals surface area contributed by atoms with Gasteiger partial charge in [-0.15, -0.1) is 0 Å². The molecule has 28 heavy (non-hydrogen) atoms. The molecular weight excluding hydrogens is 350 g/mol. The van der Waals surface area contributed by atoms with Crippen molar-refractivity contribution in [2.75, 3.05) is 13.1 Å². The third kappa shape index (κ3) is 4.55. The first-order valence-electron chi connectivity index (χ1n) is 9.48. The molecule has 3 aromatic rings. The molecule has 0 radical (unpaired) electrons. The van der Waals surface area contributed by atoms with Gasteiger partial charge in [-0.25, -0.2) is 4.98 Å². The van der Waals surface area contributed by atoms with E-state index in [9.17, 15) is 9.59 Å². The highest BCUT2D eigenvalue weighted by Crippen LogP contribution is 2.25. The lowest BCUT2D eigenvalue weighted by Crippen LogP contribution is -2.36. The van der Waals surface area contributed by atoms with Crippen molar-refractivity contribution in [1.29, 1.82) is 0 Å². The fourth-order valence-electron chi connectivity index (χ4n) is 2.90. The van der Waals surface area contributed by atoms with E-state index in [-0.39, 0.29) is 17.7 Å². The van der Waals surface area contributed by atoms with Crippen LogP contribution in [0.2, 0.25) is 0 Å². The molecule has 1 aromatic heterocycles. The Kier molecular flexibility index (Phi) is 6.04. The Morgan fingerprint density at radius 3 is 2.36 bits per heavy atom. The van der Waals surface area contributed by atoms with E-state index in [4.69, 9.17) is 4.98 Å². The van der Waals surface area contributed by atoms with Gasteiger partial charge in [-0.2, -0.15) is 0 Å². The van der Waals surface area contributed by atoms with Crippen LogP contribution in [-0.2, 0) is 4.79 Å². The van der Waals surface area contributed by atoms with Gasteiger partial charge in [0.05, 0.1) is 16.8 Å². The highest BCUT2D eigenvalue weighted by atomic mass is 16.2. The molecule has 2 amide bonds. The number of rotatable bonds is 6. The lowest BCUT2D eigenvalue weighted by atomic mass is 10.0. The average Bonchev–Trinajstić information content (AvgIpc) is 2.70. The Hall–Kier alpha value is -3.21. The van der Waals surface area contributed by atoms with E-state index < -0.39 is 0 Å². The maximum Gasteiger partial charge on any atom is 0.252 e. The smallest absolute Gasteiger partial charge is 0.252 e. The molecule has 2 N–H and O–H groups in total. The zero-order chi connectivity index (χ0) is 20.1. The van der Waals surface area contributed by atoms with Gasteiger partial charge >= 0.3 is 0 Å². The zero-order valence-corrected chi connectivity index (χ0v) is 16.5. The van der Waals surface area contributed by atoms with Crippen LogP contribution < -0.4 is 10.6 Å². The SMILES string of the molecule is Cc1ccc(-c2cc(C(=O)NCCNC(=O)C(C)C)c3ccccc3n2)cc1. The lowest BCUT2D eigenvalue weighted by Gasteiger charge is -2.12. The van der Waals surface area contributed by atoms with Crippen molar-refractivity contribution in [2.45, 2.75) is 20.8 Å². The first-order valence-corrected chi connectivity index (χ1v) is 9.48. The zero-order valence-electron chi connectivity index (χ0n) is 16.5. The van der Waals surface area contributed by atoms with Gasteiger partial charge in [0, 0.05) is 30.0 Å². The van der Waals surface area contributed by atoms with Crippen molar-refractivity contribution in [3.05, 3.63) is 65.7 Å². The Morgan fingerprint density at radius 2 is 1.64 bits per heavy atom. The third-order valence-electron chi connectivity index (χ3n) is 4.54. The Morgan fingerprint density at radius 1 is 0.964 bits per heavy atom. The van der Waals surface area contributed by atoms with Crippen LogP contribution in [0.4, 0.5) is 0 Å². The van der Waals surface area contributed by atoms with E-state index in [1.165, 1.54) is 5.56 Å². The van der Waals surface area contributed by atoms with Crippen LogP contribution in [-0.4, -0.2) is 29.9 Å². The van der Waals surface area contributed by atoms with E-state index in [2.05, 4.69) is 10.6 Å². The first-order chi connectivity index (χ1) is 13.5. The molecule has 0 bridgehead atoms. The quantitative estimate of drug-likeness (QED) is 0.645. The number of aryl methyl sites for hydroxylation is 1. The van der Waals surface area contributed by atoms with Crippen molar-refractivity contribution in [3.63, 3.8) is 0 Å². The predicted molar refractivity (Wildman–Crippen MR) is 112 cm³/mol. The van der Waals surface area contributed by atoms with E-state index in [0.29, 0.717) is 18.7 Å². The van der Waals surface area contributed by atoms with Crippen LogP contribution >= 0.6 is 0 Å². The number of pyridine rings is 1. The number of nitrogens with one attached hydrogen (secondary N) is 2. The first kappa shape index (κ1) is 19.5. The second kappa shape index (κ2) is 8.65. The summed E-state index contributed by atoms with van der Waals surface area (Å²) in [5, 5.41) is 6.50. The van der Waals surface area contributed by atoms with Crippen molar-refractivity contribution in [2.24, 2.45) is 5.92 Å². The van der Waals surface area contributed by atoms with E-state index in [1.54, 1.807) is 0 Å².